The maximum atomic E-state index is 11.8. The summed E-state index contributed by atoms with van der Waals surface area (Å²) in [6.07, 6.45) is 1.56. The summed E-state index contributed by atoms with van der Waals surface area (Å²) in [5.74, 6) is 0.692. The van der Waals surface area contributed by atoms with Crippen LogP contribution in [0.4, 0.5) is 4.79 Å². The number of furan rings is 1. The fourth-order valence-corrected chi connectivity index (χ4v) is 2.33. The average Bonchev–Trinajstić information content (AvgIpc) is 2.89. The Morgan fingerprint density at radius 3 is 2.80 bits per heavy atom. The van der Waals surface area contributed by atoms with Gasteiger partial charge in [-0.05, 0) is 36.8 Å². The summed E-state index contributed by atoms with van der Waals surface area (Å²) >= 11 is 11.9. The zero-order valence-corrected chi connectivity index (χ0v) is 12.3. The number of carbonyl (C=O) groups is 1. The topological polar surface area (TPSA) is 54.3 Å². The Morgan fingerprint density at radius 2 is 2.15 bits per heavy atom. The van der Waals surface area contributed by atoms with Crippen LogP contribution >= 0.6 is 23.2 Å². The van der Waals surface area contributed by atoms with Gasteiger partial charge in [0.15, 0.2) is 0 Å². The van der Waals surface area contributed by atoms with E-state index in [0.29, 0.717) is 22.4 Å². The Kier molecular flexibility index (Phi) is 4.93. The lowest BCUT2D eigenvalue weighted by molar-refractivity contribution is 0.236. The highest BCUT2D eigenvalue weighted by Crippen LogP contribution is 2.25. The Bertz CT molecular complexity index is 585. The van der Waals surface area contributed by atoms with Crippen LogP contribution in [0.2, 0.25) is 10.0 Å². The van der Waals surface area contributed by atoms with Crippen molar-refractivity contribution in [2.45, 2.75) is 19.5 Å². The van der Waals surface area contributed by atoms with Crippen LogP contribution in [0.3, 0.4) is 0 Å². The van der Waals surface area contributed by atoms with Gasteiger partial charge in [0.25, 0.3) is 0 Å². The van der Waals surface area contributed by atoms with Gasteiger partial charge in [-0.15, -0.1) is 0 Å². The van der Waals surface area contributed by atoms with E-state index < -0.39 is 0 Å². The maximum absolute atomic E-state index is 11.8. The lowest BCUT2D eigenvalue weighted by atomic mass is 10.1. The third kappa shape index (κ3) is 3.92. The number of hydrogen-bond donors (Lipinski definition) is 2. The molecule has 0 saturated carbocycles. The van der Waals surface area contributed by atoms with Crippen molar-refractivity contribution in [2.24, 2.45) is 0 Å². The first kappa shape index (κ1) is 14.8. The number of halogens is 2. The number of nitrogens with one attached hydrogen (secondary N) is 2. The van der Waals surface area contributed by atoms with Crippen molar-refractivity contribution >= 4 is 29.2 Å². The van der Waals surface area contributed by atoms with Crippen LogP contribution in [-0.2, 0) is 6.54 Å². The van der Waals surface area contributed by atoms with Gasteiger partial charge in [-0.25, -0.2) is 4.79 Å². The van der Waals surface area contributed by atoms with Crippen molar-refractivity contribution in [3.8, 4) is 0 Å². The number of amides is 2. The number of hydrogen-bond acceptors (Lipinski definition) is 2. The van der Waals surface area contributed by atoms with Crippen LogP contribution in [-0.4, -0.2) is 6.03 Å². The van der Waals surface area contributed by atoms with E-state index >= 15 is 0 Å². The van der Waals surface area contributed by atoms with Crippen molar-refractivity contribution in [3.63, 3.8) is 0 Å². The summed E-state index contributed by atoms with van der Waals surface area (Å²) in [5, 5.41) is 6.59. The number of urea groups is 1. The Morgan fingerprint density at radius 1 is 1.35 bits per heavy atom. The van der Waals surface area contributed by atoms with Crippen LogP contribution in [0.1, 0.15) is 24.3 Å². The molecule has 0 saturated heterocycles. The minimum Gasteiger partial charge on any atom is -0.467 e. The molecule has 0 aliphatic carbocycles. The Labute approximate surface area is 127 Å². The molecular formula is C14H14Cl2N2O2. The summed E-state index contributed by atoms with van der Waals surface area (Å²) < 4.78 is 5.13. The molecular weight excluding hydrogens is 299 g/mol. The largest absolute Gasteiger partial charge is 0.467 e. The molecule has 20 heavy (non-hydrogen) atoms. The Hall–Kier alpha value is -1.65. The van der Waals surface area contributed by atoms with E-state index in [0.717, 1.165) is 5.56 Å². The highest BCUT2D eigenvalue weighted by Gasteiger charge is 2.12. The molecule has 2 rings (SSSR count). The normalized spacial score (nSPS) is 11.9. The molecule has 0 radical (unpaired) electrons. The first-order valence-corrected chi connectivity index (χ1v) is 6.83. The van der Waals surface area contributed by atoms with Crippen LogP contribution in [0.25, 0.3) is 0 Å². The molecule has 0 spiro atoms. The molecule has 2 aromatic rings. The van der Waals surface area contributed by atoms with E-state index in [1.807, 2.05) is 6.92 Å². The zero-order valence-electron chi connectivity index (χ0n) is 10.8. The highest BCUT2D eigenvalue weighted by atomic mass is 35.5. The molecule has 2 amide bonds. The van der Waals surface area contributed by atoms with Crippen molar-refractivity contribution in [3.05, 3.63) is 58.0 Å². The lowest BCUT2D eigenvalue weighted by Gasteiger charge is -2.16. The van der Waals surface area contributed by atoms with Crippen LogP contribution in [0.15, 0.2) is 41.0 Å². The summed E-state index contributed by atoms with van der Waals surface area (Å²) in [4.78, 5) is 11.8. The van der Waals surface area contributed by atoms with E-state index in [4.69, 9.17) is 27.6 Å². The number of carbonyl (C=O) groups excluding carboxylic acids is 1. The fourth-order valence-electron chi connectivity index (χ4n) is 1.76. The second kappa shape index (κ2) is 6.68. The molecule has 1 aromatic carbocycles. The van der Waals surface area contributed by atoms with E-state index in [2.05, 4.69) is 10.6 Å². The Balaban J connectivity index is 1.90. The first-order chi connectivity index (χ1) is 9.56. The van der Waals surface area contributed by atoms with E-state index in [1.165, 1.54) is 0 Å². The molecule has 0 aliphatic rings. The van der Waals surface area contributed by atoms with Crippen molar-refractivity contribution < 1.29 is 9.21 Å². The molecule has 0 bridgehead atoms. The third-order valence-corrected chi connectivity index (χ3v) is 3.34. The molecule has 1 atom stereocenters. The fraction of sp³-hybridized carbons (Fsp3) is 0.214. The molecule has 4 nitrogen and oxygen atoms in total. The second-order valence-electron chi connectivity index (χ2n) is 4.29. The molecule has 6 heteroatoms. The molecule has 0 aliphatic heterocycles. The molecule has 1 heterocycles. The first-order valence-electron chi connectivity index (χ1n) is 6.08. The van der Waals surface area contributed by atoms with Crippen molar-refractivity contribution in [2.75, 3.05) is 0 Å². The SMILES string of the molecule is C[C@H](NC(=O)NCc1ccco1)c1ccc(Cl)cc1Cl. The standard InChI is InChI=1S/C14H14Cl2N2O2/c1-9(12-5-4-10(15)7-13(12)16)18-14(19)17-8-11-3-2-6-20-11/h2-7,9H,8H2,1H3,(H2,17,18,19)/t9-/m0/s1. The van der Waals surface area contributed by atoms with Crippen molar-refractivity contribution in [1.82, 2.24) is 10.6 Å². The molecule has 0 fully saturated rings. The predicted octanol–water partition coefficient (Wildman–Crippen LogP) is 4.15. The van der Waals surface area contributed by atoms with Crippen LogP contribution < -0.4 is 10.6 Å². The van der Waals surface area contributed by atoms with Gasteiger partial charge in [0.1, 0.15) is 5.76 Å². The van der Waals surface area contributed by atoms with Gasteiger partial charge in [0, 0.05) is 10.0 Å². The van der Waals surface area contributed by atoms with Gasteiger partial charge in [-0.2, -0.15) is 0 Å². The summed E-state index contributed by atoms with van der Waals surface area (Å²) in [5.41, 5.74) is 0.809. The summed E-state index contributed by atoms with van der Waals surface area (Å²) in [6.45, 7) is 2.18. The number of benzene rings is 1. The smallest absolute Gasteiger partial charge is 0.315 e. The summed E-state index contributed by atoms with van der Waals surface area (Å²) in [7, 11) is 0. The highest BCUT2D eigenvalue weighted by molar-refractivity contribution is 6.35. The van der Waals surface area contributed by atoms with Crippen LogP contribution in [0, 0.1) is 0 Å². The molecule has 0 unspecified atom stereocenters. The quantitative estimate of drug-likeness (QED) is 0.891. The lowest BCUT2D eigenvalue weighted by Crippen LogP contribution is -2.36. The van der Waals surface area contributed by atoms with Gasteiger partial charge >= 0.3 is 6.03 Å². The predicted molar refractivity (Wildman–Crippen MR) is 79.0 cm³/mol. The monoisotopic (exact) mass is 312 g/mol. The van der Waals surface area contributed by atoms with Crippen LogP contribution in [0.5, 0.6) is 0 Å². The molecule has 2 N–H and O–H groups in total. The van der Waals surface area contributed by atoms with Gasteiger partial charge < -0.3 is 15.1 Å². The third-order valence-electron chi connectivity index (χ3n) is 2.78. The minimum absolute atomic E-state index is 0.226. The van der Waals surface area contributed by atoms with Gasteiger partial charge in [0.05, 0.1) is 18.8 Å². The molecule has 1 aromatic heterocycles. The van der Waals surface area contributed by atoms with Gasteiger partial charge in [-0.3, -0.25) is 0 Å². The van der Waals surface area contributed by atoms with Gasteiger partial charge in [-0.1, -0.05) is 29.3 Å². The minimum atomic E-state index is -0.292. The second-order valence-corrected chi connectivity index (χ2v) is 5.14. The zero-order chi connectivity index (χ0) is 14.5. The average molecular weight is 313 g/mol. The van der Waals surface area contributed by atoms with Crippen molar-refractivity contribution in [1.29, 1.82) is 0 Å². The van der Waals surface area contributed by atoms with Gasteiger partial charge in [0.2, 0.25) is 0 Å². The summed E-state index contributed by atoms with van der Waals surface area (Å²) in [6, 6.07) is 8.22. The maximum Gasteiger partial charge on any atom is 0.315 e. The van der Waals surface area contributed by atoms with E-state index in [-0.39, 0.29) is 12.1 Å². The number of rotatable bonds is 4. The van der Waals surface area contributed by atoms with E-state index in [1.54, 1.807) is 36.6 Å². The van der Waals surface area contributed by atoms with E-state index in [9.17, 15) is 4.79 Å². The molecule has 106 valence electrons.